The summed E-state index contributed by atoms with van der Waals surface area (Å²) < 4.78 is 57.8. The molecular formula is C32H35F3N4O11. The maximum absolute atomic E-state index is 13.3. The van der Waals surface area contributed by atoms with Gasteiger partial charge in [-0.25, -0.2) is 19.3 Å². The summed E-state index contributed by atoms with van der Waals surface area (Å²) in [6.45, 7) is 8.37. The lowest BCUT2D eigenvalue weighted by Gasteiger charge is -2.34. The second-order valence-electron chi connectivity index (χ2n) is 12.8. The van der Waals surface area contributed by atoms with Crippen molar-refractivity contribution in [1.29, 1.82) is 5.26 Å². The maximum atomic E-state index is 13.3. The van der Waals surface area contributed by atoms with Crippen LogP contribution >= 0.6 is 0 Å². The van der Waals surface area contributed by atoms with Crippen molar-refractivity contribution in [2.75, 3.05) is 23.4 Å². The molecule has 3 rings (SSSR count). The van der Waals surface area contributed by atoms with Crippen molar-refractivity contribution < 1.29 is 66.3 Å². The Morgan fingerprint density at radius 1 is 1.04 bits per heavy atom. The van der Waals surface area contributed by atoms with Gasteiger partial charge >= 0.3 is 24.5 Å². The Kier molecular flexibility index (Phi) is 11.7. The summed E-state index contributed by atoms with van der Waals surface area (Å²) in [5, 5.41) is 32.5. The molecule has 270 valence electrons. The molecule has 1 aliphatic heterocycles. The summed E-state index contributed by atoms with van der Waals surface area (Å²) in [5.41, 5.74) is -3.04. The topological polar surface area (TPSA) is 205 Å². The highest BCUT2D eigenvalue weighted by Crippen LogP contribution is 2.31. The van der Waals surface area contributed by atoms with Crippen molar-refractivity contribution in [2.24, 2.45) is 0 Å². The van der Waals surface area contributed by atoms with E-state index in [-0.39, 0.29) is 35.7 Å². The molecule has 0 spiro atoms. The highest BCUT2D eigenvalue weighted by Gasteiger charge is 2.41. The van der Waals surface area contributed by atoms with Crippen molar-refractivity contribution in [2.45, 2.75) is 77.9 Å². The fraction of sp³-hybridized carbons (Fsp3) is 0.438. The summed E-state index contributed by atoms with van der Waals surface area (Å²) in [5.74, 6) is -4.78. The van der Waals surface area contributed by atoms with Crippen molar-refractivity contribution in [3.05, 3.63) is 53.1 Å². The molecule has 1 saturated heterocycles. The van der Waals surface area contributed by atoms with Gasteiger partial charge in [-0.3, -0.25) is 9.59 Å². The maximum Gasteiger partial charge on any atom is 0.573 e. The quantitative estimate of drug-likeness (QED) is 0.345. The summed E-state index contributed by atoms with van der Waals surface area (Å²) in [4.78, 5) is 65.8. The number of nitrogens with one attached hydrogen (secondary N) is 1. The molecule has 0 unspecified atom stereocenters. The zero-order valence-electron chi connectivity index (χ0n) is 27.8. The zero-order chi connectivity index (χ0) is 37.8. The molecule has 0 aliphatic carbocycles. The summed E-state index contributed by atoms with van der Waals surface area (Å²) in [6.07, 6.45) is -11.3. The number of hydrogen-bond donors (Lipinski definition) is 3. The number of carbonyl (C=O) groups excluding carboxylic acids is 4. The van der Waals surface area contributed by atoms with Crippen LogP contribution < -0.4 is 15.0 Å². The molecule has 4 amide bonds. The van der Waals surface area contributed by atoms with E-state index in [4.69, 9.17) is 14.2 Å². The number of aliphatic hydroxyl groups is 1. The van der Waals surface area contributed by atoms with E-state index in [1.165, 1.54) is 18.2 Å². The number of aliphatic hydroxyl groups excluding tert-OH is 1. The second kappa shape index (κ2) is 15.0. The van der Waals surface area contributed by atoms with Crippen LogP contribution in [-0.2, 0) is 30.3 Å². The largest absolute Gasteiger partial charge is 0.573 e. The molecule has 1 fully saturated rings. The van der Waals surface area contributed by atoms with Gasteiger partial charge in [-0.05, 0) is 83.5 Å². The van der Waals surface area contributed by atoms with Gasteiger partial charge in [0.2, 0.25) is 0 Å². The number of aromatic carboxylic acids is 1. The lowest BCUT2D eigenvalue weighted by atomic mass is 10.1. The van der Waals surface area contributed by atoms with Gasteiger partial charge in [-0.1, -0.05) is 0 Å². The molecule has 1 aliphatic rings. The first-order valence-electron chi connectivity index (χ1n) is 14.8. The Hall–Kier alpha value is -5.41. The van der Waals surface area contributed by atoms with Crippen molar-refractivity contribution in [3.8, 4) is 11.8 Å². The third-order valence-corrected chi connectivity index (χ3v) is 6.45. The van der Waals surface area contributed by atoms with Gasteiger partial charge < -0.3 is 39.4 Å². The number of carboxylic acid groups (broad SMARTS) is 1. The summed E-state index contributed by atoms with van der Waals surface area (Å²) in [6, 6.07) is 7.98. The van der Waals surface area contributed by atoms with E-state index < -0.39 is 77.6 Å². The smallest absolute Gasteiger partial charge is 0.478 e. The number of benzene rings is 2. The van der Waals surface area contributed by atoms with E-state index >= 15 is 0 Å². The molecule has 15 nitrogen and oxygen atoms in total. The monoisotopic (exact) mass is 708 g/mol. The Labute approximate surface area is 284 Å². The van der Waals surface area contributed by atoms with Crippen molar-refractivity contribution >= 4 is 41.3 Å². The van der Waals surface area contributed by atoms with Gasteiger partial charge in [0.1, 0.15) is 17.0 Å². The second-order valence-corrected chi connectivity index (χ2v) is 12.8. The minimum Gasteiger partial charge on any atom is -0.478 e. The summed E-state index contributed by atoms with van der Waals surface area (Å²) in [7, 11) is 0. The average molecular weight is 709 g/mol. The number of alkyl halides is 3. The highest BCUT2D eigenvalue weighted by atomic mass is 19.4. The first kappa shape index (κ1) is 39.0. The van der Waals surface area contributed by atoms with E-state index in [9.17, 15) is 52.6 Å². The molecule has 1 heterocycles. The molecule has 50 heavy (non-hydrogen) atoms. The normalized spacial score (nSPS) is 15.7. The Morgan fingerprint density at radius 2 is 1.64 bits per heavy atom. The zero-order valence-corrected chi connectivity index (χ0v) is 27.8. The number of hydrogen-bond acceptors (Lipinski definition) is 11. The minimum atomic E-state index is -5.11. The van der Waals surface area contributed by atoms with E-state index in [2.05, 4.69) is 10.1 Å². The first-order chi connectivity index (χ1) is 23.0. The van der Waals surface area contributed by atoms with Crippen molar-refractivity contribution in [1.82, 2.24) is 4.90 Å². The van der Waals surface area contributed by atoms with Crippen LogP contribution in [0.1, 0.15) is 63.0 Å². The number of carboxylic acids is 1. The molecule has 2 aromatic rings. The molecule has 2 atom stereocenters. The fourth-order valence-corrected chi connectivity index (χ4v) is 4.46. The number of nitriles is 1. The van der Waals surface area contributed by atoms with E-state index in [0.717, 1.165) is 17.0 Å². The number of carbonyl (C=O) groups is 5. The molecule has 0 aromatic heterocycles. The third kappa shape index (κ3) is 10.5. The Bertz CT molecular complexity index is 1670. The number of amides is 4. The van der Waals surface area contributed by atoms with Gasteiger partial charge in [0.15, 0.2) is 12.2 Å². The fourth-order valence-electron chi connectivity index (χ4n) is 4.46. The number of morpholine rings is 1. The number of nitrogens with zero attached hydrogens (tertiary/aromatic N) is 3. The number of halogens is 3. The van der Waals surface area contributed by atoms with Crippen LogP contribution in [0, 0.1) is 11.3 Å². The number of rotatable bonds is 8. The number of anilines is 2. The van der Waals surface area contributed by atoms with Gasteiger partial charge in [0.05, 0.1) is 36.0 Å². The molecule has 0 bridgehead atoms. The molecule has 0 radical (unpaired) electrons. The molecule has 2 aromatic carbocycles. The van der Waals surface area contributed by atoms with Crippen LogP contribution in [0.3, 0.4) is 0 Å². The van der Waals surface area contributed by atoms with Crippen LogP contribution in [0.15, 0.2) is 36.4 Å². The first-order valence-corrected chi connectivity index (χ1v) is 14.8. The van der Waals surface area contributed by atoms with Gasteiger partial charge in [-0.2, -0.15) is 5.26 Å². The lowest BCUT2D eigenvalue weighted by molar-refractivity contribution is -0.274. The molecule has 0 saturated carbocycles. The van der Waals surface area contributed by atoms with Crippen LogP contribution in [0.4, 0.5) is 34.1 Å². The lowest BCUT2D eigenvalue weighted by Crippen LogP contribution is -2.55. The minimum absolute atomic E-state index is 0.00276. The van der Waals surface area contributed by atoms with Gasteiger partial charge in [0.25, 0.3) is 11.8 Å². The third-order valence-electron chi connectivity index (χ3n) is 6.45. The standard InChI is InChI=1S/C32H35F3N4O11/c1-30(2,3)49-28(45)39(29(46)50-31(4,5)6)16-18-13-19(8-7-17(18)15-36)37-25(41)23(40)24-26(42)38(11-12-47-24)22-10-9-20(48-32(33,34)35)14-21(22)27(43)44/h7-10,13-14,23-24,40H,11-12,16H2,1-6H3,(H,37,41)(H,43,44)/t23-,24-/m1/s1. The van der Waals surface area contributed by atoms with Gasteiger partial charge in [0, 0.05) is 12.2 Å². The number of ether oxygens (including phenoxy) is 4. The van der Waals surface area contributed by atoms with E-state index in [0.29, 0.717) is 11.0 Å². The molecule has 3 N–H and O–H groups in total. The molecule has 18 heteroatoms. The van der Waals surface area contributed by atoms with Crippen molar-refractivity contribution in [3.63, 3.8) is 0 Å². The predicted octanol–water partition coefficient (Wildman–Crippen LogP) is 4.56. The van der Waals surface area contributed by atoms with Crippen LogP contribution in [0.5, 0.6) is 5.75 Å². The van der Waals surface area contributed by atoms with Crippen LogP contribution in [-0.4, -0.2) is 88.0 Å². The summed E-state index contributed by atoms with van der Waals surface area (Å²) >= 11 is 0. The highest BCUT2D eigenvalue weighted by molar-refractivity contribution is 6.07. The van der Waals surface area contributed by atoms with Crippen LogP contribution in [0.2, 0.25) is 0 Å². The Balaban J connectivity index is 1.85. The predicted molar refractivity (Wildman–Crippen MR) is 166 cm³/mol. The Morgan fingerprint density at radius 3 is 2.16 bits per heavy atom. The number of imide groups is 1. The molecular weight excluding hydrogens is 673 g/mol. The SMILES string of the molecule is CC(C)(C)OC(=O)N(Cc1cc(NC(=O)[C@H](O)[C@H]2OCCN(c3ccc(OC(F)(F)F)cc3C(=O)O)C2=O)ccc1C#N)C(=O)OC(C)(C)C. The van der Waals surface area contributed by atoms with E-state index in [1.54, 1.807) is 41.5 Å². The van der Waals surface area contributed by atoms with Gasteiger partial charge in [-0.15, -0.1) is 13.2 Å². The average Bonchev–Trinajstić information content (AvgIpc) is 2.97. The van der Waals surface area contributed by atoms with Crippen LogP contribution in [0.25, 0.3) is 0 Å². The van der Waals surface area contributed by atoms with E-state index in [1.807, 2.05) is 6.07 Å².